The van der Waals surface area contributed by atoms with Crippen molar-refractivity contribution in [2.45, 2.75) is 19.4 Å². The number of anilines is 1. The van der Waals surface area contributed by atoms with Crippen LogP contribution in [0.5, 0.6) is 0 Å². The third-order valence-corrected chi connectivity index (χ3v) is 6.54. The van der Waals surface area contributed by atoms with E-state index in [4.69, 9.17) is 0 Å². The lowest BCUT2D eigenvalue weighted by Crippen LogP contribution is -2.40. The summed E-state index contributed by atoms with van der Waals surface area (Å²) in [6.07, 6.45) is 0.945. The summed E-state index contributed by atoms with van der Waals surface area (Å²) >= 11 is 3.49. The highest BCUT2D eigenvalue weighted by Crippen LogP contribution is 2.39. The molecule has 26 heavy (non-hydrogen) atoms. The van der Waals surface area contributed by atoms with E-state index in [2.05, 4.69) is 33.1 Å². The van der Waals surface area contributed by atoms with Crippen LogP contribution < -0.4 is 5.32 Å². The zero-order chi connectivity index (χ0) is 18.1. The second kappa shape index (κ2) is 7.31. The number of benzene rings is 1. The molecule has 0 radical (unpaired) electrons. The molecule has 3 aromatic rings. The van der Waals surface area contributed by atoms with Crippen LogP contribution in [0.25, 0.3) is 0 Å². The summed E-state index contributed by atoms with van der Waals surface area (Å²) in [6, 6.07) is 11.3. The van der Waals surface area contributed by atoms with E-state index in [1.807, 2.05) is 13.0 Å². The molecule has 3 heterocycles. The van der Waals surface area contributed by atoms with Gasteiger partial charge in [0.1, 0.15) is 5.82 Å². The number of carbonyl (C=O) groups excluding carboxylic acids is 1. The van der Waals surface area contributed by atoms with Crippen molar-refractivity contribution in [2.24, 2.45) is 0 Å². The smallest absolute Gasteiger partial charge is 0.238 e. The van der Waals surface area contributed by atoms with Gasteiger partial charge in [-0.15, -0.1) is 22.7 Å². The summed E-state index contributed by atoms with van der Waals surface area (Å²) in [7, 11) is 0. The molecule has 0 aliphatic carbocycles. The number of rotatable bonds is 4. The molecule has 1 atom stereocenters. The molecule has 1 unspecified atom stereocenters. The van der Waals surface area contributed by atoms with E-state index in [0.717, 1.165) is 18.5 Å². The van der Waals surface area contributed by atoms with Gasteiger partial charge in [-0.1, -0.05) is 12.1 Å². The van der Waals surface area contributed by atoms with E-state index in [9.17, 15) is 9.18 Å². The second-order valence-electron chi connectivity index (χ2n) is 6.47. The van der Waals surface area contributed by atoms with Gasteiger partial charge in [0, 0.05) is 16.3 Å². The van der Waals surface area contributed by atoms with Crippen molar-refractivity contribution in [3.05, 3.63) is 73.9 Å². The van der Waals surface area contributed by atoms with Gasteiger partial charge >= 0.3 is 0 Å². The molecular weight excluding hydrogens is 367 g/mol. The fourth-order valence-corrected chi connectivity index (χ4v) is 5.19. The van der Waals surface area contributed by atoms with E-state index >= 15 is 0 Å². The highest BCUT2D eigenvalue weighted by Gasteiger charge is 2.31. The number of aryl methyl sites for hydroxylation is 1. The number of thiophene rings is 2. The van der Waals surface area contributed by atoms with Crippen LogP contribution in [0.1, 0.15) is 26.9 Å². The molecule has 0 fully saturated rings. The van der Waals surface area contributed by atoms with E-state index in [1.54, 1.807) is 34.8 Å². The van der Waals surface area contributed by atoms with Crippen molar-refractivity contribution >= 4 is 34.3 Å². The van der Waals surface area contributed by atoms with Crippen LogP contribution in [0, 0.1) is 12.7 Å². The molecule has 1 aliphatic rings. The lowest BCUT2D eigenvalue weighted by molar-refractivity contribution is -0.117. The van der Waals surface area contributed by atoms with E-state index in [-0.39, 0.29) is 24.2 Å². The van der Waals surface area contributed by atoms with Gasteiger partial charge in [-0.25, -0.2) is 4.39 Å². The predicted octanol–water partition coefficient (Wildman–Crippen LogP) is 4.84. The van der Waals surface area contributed by atoms with Gasteiger partial charge in [-0.2, -0.15) is 0 Å². The molecule has 6 heteroatoms. The Morgan fingerprint density at radius 1 is 1.27 bits per heavy atom. The Hall–Kier alpha value is -2.02. The van der Waals surface area contributed by atoms with Gasteiger partial charge in [0.05, 0.1) is 18.3 Å². The molecule has 0 saturated carbocycles. The molecule has 2 aromatic heterocycles. The lowest BCUT2D eigenvalue weighted by atomic mass is 9.98. The molecule has 1 N–H and O–H groups in total. The van der Waals surface area contributed by atoms with Crippen LogP contribution in [-0.2, 0) is 11.2 Å². The van der Waals surface area contributed by atoms with Crippen LogP contribution in [0.4, 0.5) is 10.1 Å². The van der Waals surface area contributed by atoms with Crippen molar-refractivity contribution in [2.75, 3.05) is 18.4 Å². The normalized spacial score (nSPS) is 17.1. The molecule has 0 saturated heterocycles. The van der Waals surface area contributed by atoms with E-state index < -0.39 is 5.82 Å². The van der Waals surface area contributed by atoms with Crippen molar-refractivity contribution < 1.29 is 9.18 Å². The minimum atomic E-state index is -0.396. The van der Waals surface area contributed by atoms with Crippen LogP contribution >= 0.6 is 22.7 Å². The fourth-order valence-electron chi connectivity index (χ4n) is 3.41. The molecule has 0 bridgehead atoms. The zero-order valence-corrected chi connectivity index (χ0v) is 16.0. The maximum Gasteiger partial charge on any atom is 0.238 e. The minimum Gasteiger partial charge on any atom is -0.322 e. The molecule has 4 rings (SSSR count). The maximum absolute atomic E-state index is 14.0. The Morgan fingerprint density at radius 2 is 2.15 bits per heavy atom. The van der Waals surface area contributed by atoms with E-state index in [0.29, 0.717) is 0 Å². The highest BCUT2D eigenvalue weighted by molar-refractivity contribution is 7.10. The Kier molecular flexibility index (Phi) is 4.89. The van der Waals surface area contributed by atoms with Crippen molar-refractivity contribution in [1.29, 1.82) is 0 Å². The SMILES string of the molecule is Cc1ccc(NC(=O)CN2CCc3sccc3C2c2cccs2)c(F)c1. The third-order valence-electron chi connectivity index (χ3n) is 4.62. The molecule has 1 aromatic carbocycles. The van der Waals surface area contributed by atoms with Crippen LogP contribution in [0.15, 0.2) is 47.2 Å². The van der Waals surface area contributed by atoms with Crippen LogP contribution in [-0.4, -0.2) is 23.9 Å². The van der Waals surface area contributed by atoms with Crippen molar-refractivity contribution in [3.8, 4) is 0 Å². The van der Waals surface area contributed by atoms with Crippen molar-refractivity contribution in [1.82, 2.24) is 4.90 Å². The van der Waals surface area contributed by atoms with Gasteiger partial charge in [-0.3, -0.25) is 9.69 Å². The van der Waals surface area contributed by atoms with Gasteiger partial charge in [0.2, 0.25) is 5.91 Å². The Bertz CT molecular complexity index is 920. The predicted molar refractivity (Wildman–Crippen MR) is 106 cm³/mol. The number of halogens is 1. The Morgan fingerprint density at radius 3 is 2.92 bits per heavy atom. The fraction of sp³-hybridized carbons (Fsp3) is 0.250. The maximum atomic E-state index is 14.0. The second-order valence-corrected chi connectivity index (χ2v) is 8.45. The first kappa shape index (κ1) is 17.4. The Balaban J connectivity index is 1.54. The number of carbonyl (C=O) groups is 1. The first-order valence-corrected chi connectivity index (χ1v) is 10.3. The number of nitrogens with one attached hydrogen (secondary N) is 1. The first-order valence-electron chi connectivity index (χ1n) is 8.51. The van der Waals surface area contributed by atoms with Crippen molar-refractivity contribution in [3.63, 3.8) is 0 Å². The molecule has 3 nitrogen and oxygen atoms in total. The van der Waals surface area contributed by atoms with Gasteiger partial charge < -0.3 is 5.32 Å². The molecule has 134 valence electrons. The summed E-state index contributed by atoms with van der Waals surface area (Å²) in [5.74, 6) is -0.583. The number of hydrogen-bond acceptors (Lipinski definition) is 4. The quantitative estimate of drug-likeness (QED) is 0.696. The van der Waals surface area contributed by atoms with Crippen LogP contribution in [0.2, 0.25) is 0 Å². The summed E-state index contributed by atoms with van der Waals surface area (Å²) in [5, 5.41) is 6.91. The average Bonchev–Trinajstić information content (AvgIpc) is 3.28. The summed E-state index contributed by atoms with van der Waals surface area (Å²) < 4.78 is 14.0. The number of nitrogens with zero attached hydrogens (tertiary/aromatic N) is 1. The average molecular weight is 387 g/mol. The molecule has 1 amide bonds. The molecule has 1 aliphatic heterocycles. The summed E-state index contributed by atoms with van der Waals surface area (Å²) in [5.41, 5.74) is 2.36. The minimum absolute atomic E-state index is 0.0959. The number of fused-ring (bicyclic) bond motifs is 1. The summed E-state index contributed by atoms with van der Waals surface area (Å²) in [6.45, 7) is 2.89. The standard InChI is InChI=1S/C20H19FN2OS2/c1-13-4-5-16(15(21)11-13)22-19(24)12-23-8-6-17-14(7-10-26-17)20(23)18-3-2-9-25-18/h2-5,7,9-11,20H,6,8,12H2,1H3,(H,22,24). The number of hydrogen-bond donors (Lipinski definition) is 1. The third kappa shape index (κ3) is 3.45. The van der Waals surface area contributed by atoms with Gasteiger partial charge in [0.15, 0.2) is 0 Å². The van der Waals surface area contributed by atoms with E-state index in [1.165, 1.54) is 21.4 Å². The number of amides is 1. The highest BCUT2D eigenvalue weighted by atomic mass is 32.1. The monoisotopic (exact) mass is 386 g/mol. The first-order chi connectivity index (χ1) is 12.6. The Labute approximate surface area is 160 Å². The van der Waals surface area contributed by atoms with Crippen LogP contribution in [0.3, 0.4) is 0 Å². The largest absolute Gasteiger partial charge is 0.322 e. The zero-order valence-electron chi connectivity index (χ0n) is 14.4. The summed E-state index contributed by atoms with van der Waals surface area (Å²) in [4.78, 5) is 17.4. The molecule has 0 spiro atoms. The van der Waals surface area contributed by atoms with Gasteiger partial charge in [0.25, 0.3) is 0 Å². The lowest BCUT2D eigenvalue weighted by Gasteiger charge is -2.34. The molecular formula is C20H19FN2OS2. The topological polar surface area (TPSA) is 32.3 Å². The van der Waals surface area contributed by atoms with Gasteiger partial charge in [-0.05, 0) is 59.5 Å².